The minimum absolute atomic E-state index is 0.0341. The number of fused-ring (bicyclic) bond motifs is 1. The van der Waals surface area contributed by atoms with Gasteiger partial charge >= 0.3 is 23.3 Å². The van der Waals surface area contributed by atoms with Gasteiger partial charge in [-0.1, -0.05) is 31.5 Å². The number of rotatable bonds is 7. The third kappa shape index (κ3) is 5.63. The van der Waals surface area contributed by atoms with Gasteiger partial charge in [0, 0.05) is 18.8 Å². The molecule has 0 bridgehead atoms. The van der Waals surface area contributed by atoms with Crippen LogP contribution in [0.1, 0.15) is 37.9 Å². The Morgan fingerprint density at radius 1 is 1.19 bits per heavy atom. The molecule has 2 atom stereocenters. The second-order valence-electron chi connectivity index (χ2n) is 11.6. The van der Waals surface area contributed by atoms with E-state index >= 15 is 4.39 Å². The first-order valence-corrected chi connectivity index (χ1v) is 15.2. The lowest BCUT2D eigenvalue weighted by molar-refractivity contribution is -0.385. The fourth-order valence-electron chi connectivity index (χ4n) is 6.11. The number of anilines is 1. The molecule has 1 aliphatic rings. The molecular formula is C32H32ClFN6O8. The summed E-state index contributed by atoms with van der Waals surface area (Å²) in [7, 11) is 2.43. The molecular weight excluding hydrogens is 651 g/mol. The highest BCUT2D eigenvalue weighted by molar-refractivity contribution is 6.34. The van der Waals surface area contributed by atoms with Crippen LogP contribution in [0.2, 0.25) is 5.02 Å². The Morgan fingerprint density at radius 2 is 1.90 bits per heavy atom. The molecule has 0 aliphatic carbocycles. The maximum atomic E-state index is 15.4. The predicted octanol–water partition coefficient (Wildman–Crippen LogP) is 5.32. The lowest BCUT2D eigenvalue weighted by atomic mass is 10.0. The van der Waals surface area contributed by atoms with Crippen LogP contribution in [0.25, 0.3) is 28.0 Å². The van der Waals surface area contributed by atoms with E-state index in [9.17, 15) is 29.6 Å². The summed E-state index contributed by atoms with van der Waals surface area (Å²) in [4.78, 5) is 63.4. The molecule has 5 rings (SSSR count). The van der Waals surface area contributed by atoms with Crippen LogP contribution < -0.4 is 15.2 Å². The zero-order valence-corrected chi connectivity index (χ0v) is 27.6. The number of carbonyl (C=O) groups excluding carboxylic acids is 1. The Hall–Kier alpha value is -5.31. The molecule has 1 aliphatic heterocycles. The van der Waals surface area contributed by atoms with Crippen LogP contribution in [-0.2, 0) is 9.53 Å². The lowest BCUT2D eigenvalue weighted by Gasteiger charge is -2.43. The van der Waals surface area contributed by atoms with E-state index < -0.39 is 52.7 Å². The summed E-state index contributed by atoms with van der Waals surface area (Å²) in [6.45, 7) is 6.28. The molecule has 1 aromatic carbocycles. The minimum atomic E-state index is -1.39. The van der Waals surface area contributed by atoms with Crippen LogP contribution in [0.5, 0.6) is 5.75 Å². The standard InChI is InChI=1S/C32H32ClFN6O8/c1-15(2)24-26(16(3)10-11-35-24)39-29-18(12-19(33)25(36-29)23-20(34)8-7-9-22(23)47-5)27(28(30(39)41)40(45)46)38-13-17(4)37(32(43)44)14-21(38)31(42)48-6/h7-12,15,17,21H,13-14H2,1-6H3,(H,43,44)/t17-,21-/m1/s1. The molecule has 0 unspecified atom stereocenters. The van der Waals surface area contributed by atoms with Crippen molar-refractivity contribution in [2.24, 2.45) is 0 Å². The first-order chi connectivity index (χ1) is 22.7. The number of methoxy groups -OCH3 is 2. The van der Waals surface area contributed by atoms with Gasteiger partial charge in [-0.25, -0.2) is 19.0 Å². The van der Waals surface area contributed by atoms with Gasteiger partial charge < -0.3 is 24.4 Å². The Labute approximate surface area is 278 Å². The zero-order valence-electron chi connectivity index (χ0n) is 26.9. The van der Waals surface area contributed by atoms with Gasteiger partial charge in [-0.05, 0) is 49.6 Å². The quantitative estimate of drug-likeness (QED) is 0.152. The van der Waals surface area contributed by atoms with Crippen molar-refractivity contribution in [1.82, 2.24) is 19.4 Å². The summed E-state index contributed by atoms with van der Waals surface area (Å²) in [5.41, 5.74) is -1.54. The van der Waals surface area contributed by atoms with Gasteiger partial charge in [-0.15, -0.1) is 0 Å². The summed E-state index contributed by atoms with van der Waals surface area (Å²) in [6.07, 6.45) is 0.237. The molecule has 3 aromatic heterocycles. The van der Waals surface area contributed by atoms with Crippen molar-refractivity contribution in [2.75, 3.05) is 32.2 Å². The van der Waals surface area contributed by atoms with Gasteiger partial charge in [0.25, 0.3) is 0 Å². The number of carboxylic acid groups (broad SMARTS) is 1. The van der Waals surface area contributed by atoms with E-state index in [-0.39, 0.29) is 56.9 Å². The number of benzene rings is 1. The van der Waals surface area contributed by atoms with Crippen molar-refractivity contribution in [3.63, 3.8) is 0 Å². The van der Waals surface area contributed by atoms with Gasteiger partial charge in [-0.3, -0.25) is 24.5 Å². The van der Waals surface area contributed by atoms with Gasteiger partial charge in [0.1, 0.15) is 23.3 Å². The Kier molecular flexibility index (Phi) is 9.26. The van der Waals surface area contributed by atoms with E-state index in [0.29, 0.717) is 11.3 Å². The van der Waals surface area contributed by atoms with Crippen LogP contribution in [-0.4, -0.2) is 80.9 Å². The summed E-state index contributed by atoms with van der Waals surface area (Å²) in [6, 6.07) is 4.89. The highest BCUT2D eigenvalue weighted by Gasteiger charge is 2.44. The fraction of sp³-hybridized carbons (Fsp3) is 0.344. The third-order valence-corrected chi connectivity index (χ3v) is 8.63. The molecule has 4 heterocycles. The highest BCUT2D eigenvalue weighted by Crippen LogP contribution is 2.43. The molecule has 48 heavy (non-hydrogen) atoms. The van der Waals surface area contributed by atoms with E-state index in [1.807, 2.05) is 13.8 Å². The zero-order chi connectivity index (χ0) is 35.2. The molecule has 0 spiro atoms. The highest BCUT2D eigenvalue weighted by atomic mass is 35.5. The molecule has 0 saturated carbocycles. The van der Waals surface area contributed by atoms with Crippen LogP contribution in [0.4, 0.5) is 20.6 Å². The number of nitrogens with zero attached hydrogens (tertiary/aromatic N) is 6. The number of nitro groups is 1. The summed E-state index contributed by atoms with van der Waals surface area (Å²) < 4.78 is 26.9. The number of carbonyl (C=O) groups is 2. The van der Waals surface area contributed by atoms with Crippen molar-refractivity contribution >= 4 is 46.1 Å². The maximum Gasteiger partial charge on any atom is 0.407 e. The number of amides is 1. The molecule has 1 saturated heterocycles. The number of hydrogen-bond acceptors (Lipinski definition) is 10. The largest absolute Gasteiger partial charge is 0.496 e. The average molecular weight is 683 g/mol. The molecule has 1 N–H and O–H groups in total. The van der Waals surface area contributed by atoms with Crippen molar-refractivity contribution in [3.05, 3.63) is 79.1 Å². The Balaban J connectivity index is 2.01. The van der Waals surface area contributed by atoms with Crippen LogP contribution >= 0.6 is 11.6 Å². The molecule has 16 heteroatoms. The van der Waals surface area contributed by atoms with Gasteiger partial charge in [0.05, 0.1) is 58.7 Å². The van der Waals surface area contributed by atoms with Crippen LogP contribution in [0.3, 0.4) is 0 Å². The topological polar surface area (TPSA) is 170 Å². The smallest absolute Gasteiger partial charge is 0.407 e. The van der Waals surface area contributed by atoms with E-state index in [4.69, 9.17) is 26.1 Å². The van der Waals surface area contributed by atoms with E-state index in [2.05, 4.69) is 4.98 Å². The first-order valence-electron chi connectivity index (χ1n) is 14.8. The Morgan fingerprint density at radius 3 is 2.50 bits per heavy atom. The average Bonchev–Trinajstić information content (AvgIpc) is 3.03. The fourth-order valence-corrected chi connectivity index (χ4v) is 6.35. The number of esters is 1. The van der Waals surface area contributed by atoms with Gasteiger partial charge in [-0.2, -0.15) is 0 Å². The van der Waals surface area contributed by atoms with Crippen molar-refractivity contribution in [3.8, 4) is 22.7 Å². The van der Waals surface area contributed by atoms with E-state index in [0.717, 1.165) is 16.6 Å². The molecule has 0 radical (unpaired) electrons. The number of pyridine rings is 3. The molecule has 1 fully saturated rings. The third-order valence-electron chi connectivity index (χ3n) is 8.34. The molecule has 14 nitrogen and oxygen atoms in total. The normalized spacial score (nSPS) is 16.4. The maximum absolute atomic E-state index is 15.4. The Bertz CT molecular complexity index is 2040. The number of ether oxygens (including phenoxy) is 2. The van der Waals surface area contributed by atoms with Gasteiger partial charge in [0.15, 0.2) is 5.65 Å². The number of halogens is 2. The summed E-state index contributed by atoms with van der Waals surface area (Å²) in [5.74, 6) is -1.79. The second-order valence-corrected chi connectivity index (χ2v) is 12.0. The number of hydrogen-bond donors (Lipinski definition) is 1. The molecule has 1 amide bonds. The van der Waals surface area contributed by atoms with E-state index in [1.54, 1.807) is 26.1 Å². The molecule has 252 valence electrons. The minimum Gasteiger partial charge on any atom is -0.496 e. The van der Waals surface area contributed by atoms with Crippen molar-refractivity contribution in [1.29, 1.82) is 0 Å². The summed E-state index contributed by atoms with van der Waals surface area (Å²) in [5, 5.41) is 22.6. The van der Waals surface area contributed by atoms with Crippen LogP contribution in [0, 0.1) is 22.9 Å². The van der Waals surface area contributed by atoms with E-state index in [1.165, 1.54) is 36.3 Å². The van der Waals surface area contributed by atoms with Gasteiger partial charge in [0.2, 0.25) is 0 Å². The lowest BCUT2D eigenvalue weighted by Crippen LogP contribution is -2.62. The number of aryl methyl sites for hydroxylation is 1. The SMILES string of the molecule is COC(=O)[C@H]1CN(C(=O)O)[C@H](C)CN1c1c([N+](=O)[O-])c(=O)n(-c2c(C)ccnc2C(C)C)c2nc(-c3c(F)cccc3OC)c(Cl)cc12. The summed E-state index contributed by atoms with van der Waals surface area (Å²) >= 11 is 6.80. The first kappa shape index (κ1) is 34.0. The van der Waals surface area contributed by atoms with Crippen molar-refractivity contribution < 1.29 is 33.5 Å². The van der Waals surface area contributed by atoms with Crippen molar-refractivity contribution in [2.45, 2.75) is 45.7 Å². The number of aromatic nitrogens is 3. The molecule has 4 aromatic rings. The predicted molar refractivity (Wildman–Crippen MR) is 175 cm³/mol. The second kappa shape index (κ2) is 13.1. The number of piperazine rings is 1. The van der Waals surface area contributed by atoms with Crippen LogP contribution in [0.15, 0.2) is 41.3 Å². The monoisotopic (exact) mass is 682 g/mol.